The zero-order valence-electron chi connectivity index (χ0n) is 25.3. The first-order valence-electron chi connectivity index (χ1n) is 14.8. The fraction of sp³-hybridized carbons (Fsp3) is 0.257. The molecule has 0 aliphatic rings. The first-order valence-corrected chi connectivity index (χ1v) is 16.6. The monoisotopic (exact) mass is 649 g/mol. The Labute approximate surface area is 269 Å². The summed E-state index contributed by atoms with van der Waals surface area (Å²) < 4.78 is 44.1. The lowest BCUT2D eigenvalue weighted by atomic mass is 10.0. The van der Waals surface area contributed by atoms with Gasteiger partial charge in [0.25, 0.3) is 10.0 Å². The van der Waals surface area contributed by atoms with Crippen molar-refractivity contribution in [2.24, 2.45) is 0 Å². The van der Waals surface area contributed by atoms with E-state index < -0.39 is 40.2 Å². The van der Waals surface area contributed by atoms with Crippen LogP contribution in [0.15, 0.2) is 108 Å². The zero-order valence-corrected chi connectivity index (χ0v) is 26.9. The van der Waals surface area contributed by atoms with E-state index >= 15 is 4.39 Å². The van der Waals surface area contributed by atoms with Crippen LogP contribution in [0.4, 0.5) is 10.1 Å². The van der Waals surface area contributed by atoms with Crippen molar-refractivity contribution < 1.29 is 22.4 Å². The summed E-state index contributed by atoms with van der Waals surface area (Å²) in [5, 5.41) is 3.31. The third-order valence-corrected chi connectivity index (χ3v) is 9.44. The predicted molar refractivity (Wildman–Crippen MR) is 176 cm³/mol. The molecule has 0 spiro atoms. The van der Waals surface area contributed by atoms with E-state index in [4.69, 9.17) is 11.6 Å². The van der Waals surface area contributed by atoms with Gasteiger partial charge in [-0.05, 0) is 61.4 Å². The quantitative estimate of drug-likeness (QED) is 0.157. The van der Waals surface area contributed by atoms with Crippen LogP contribution in [0.5, 0.6) is 0 Å². The number of carbonyl (C=O) groups is 2. The van der Waals surface area contributed by atoms with E-state index in [9.17, 15) is 18.0 Å². The van der Waals surface area contributed by atoms with Crippen molar-refractivity contribution in [1.29, 1.82) is 0 Å². The number of carbonyl (C=O) groups excluding carboxylic acids is 2. The molecule has 4 rings (SSSR count). The molecule has 1 atom stereocenters. The first kappa shape index (κ1) is 33.7. The number of nitrogens with one attached hydrogen (secondary N) is 1. The van der Waals surface area contributed by atoms with Crippen molar-refractivity contribution in [3.8, 4) is 0 Å². The lowest BCUT2D eigenvalue weighted by Crippen LogP contribution is -2.53. The van der Waals surface area contributed by atoms with E-state index in [1.807, 2.05) is 44.2 Å². The molecule has 236 valence electrons. The number of hydrogen-bond acceptors (Lipinski definition) is 4. The highest BCUT2D eigenvalue weighted by molar-refractivity contribution is 7.92. The largest absolute Gasteiger partial charge is 0.354 e. The number of benzene rings is 4. The fourth-order valence-corrected chi connectivity index (χ4v) is 6.38. The van der Waals surface area contributed by atoms with Gasteiger partial charge in [0.15, 0.2) is 0 Å². The molecule has 0 aliphatic heterocycles. The number of halogens is 2. The van der Waals surface area contributed by atoms with Crippen molar-refractivity contribution in [2.75, 3.05) is 17.4 Å². The summed E-state index contributed by atoms with van der Waals surface area (Å²) in [6.07, 6.45) is 1.74. The van der Waals surface area contributed by atoms with Crippen LogP contribution in [-0.4, -0.2) is 44.3 Å². The normalized spacial score (nSPS) is 11.9. The van der Waals surface area contributed by atoms with Gasteiger partial charge in [-0.2, -0.15) is 0 Å². The standard InChI is InChI=1S/C35H37ClFN3O4S/c1-3-4-22-38-35(42)33(23-27-10-6-5-7-11-27)39(24-28-12-8-9-13-32(28)37)34(41)25-40(30-18-16-29(36)17-19-30)45(43,44)31-20-14-26(2)15-21-31/h5-21,33H,3-4,22-25H2,1-2H3,(H,38,42)/t33-/m0/s1. The maximum absolute atomic E-state index is 15.0. The molecule has 0 saturated heterocycles. The summed E-state index contributed by atoms with van der Waals surface area (Å²) >= 11 is 6.11. The second-order valence-electron chi connectivity index (χ2n) is 10.8. The highest BCUT2D eigenvalue weighted by atomic mass is 35.5. The summed E-state index contributed by atoms with van der Waals surface area (Å²) in [6, 6.07) is 26.6. The van der Waals surface area contributed by atoms with Crippen molar-refractivity contribution in [3.05, 3.63) is 131 Å². The molecule has 0 unspecified atom stereocenters. The number of rotatable bonds is 14. The smallest absolute Gasteiger partial charge is 0.264 e. The zero-order chi connectivity index (χ0) is 32.4. The maximum atomic E-state index is 15.0. The van der Waals surface area contributed by atoms with Gasteiger partial charge in [0.1, 0.15) is 18.4 Å². The third-order valence-electron chi connectivity index (χ3n) is 7.40. The van der Waals surface area contributed by atoms with Gasteiger partial charge in [0, 0.05) is 30.1 Å². The van der Waals surface area contributed by atoms with Gasteiger partial charge in [-0.3, -0.25) is 13.9 Å². The second kappa shape index (κ2) is 15.7. The van der Waals surface area contributed by atoms with Crippen LogP contribution in [0, 0.1) is 12.7 Å². The number of nitrogens with zero attached hydrogens (tertiary/aromatic N) is 2. The van der Waals surface area contributed by atoms with Gasteiger partial charge in [-0.25, -0.2) is 12.8 Å². The van der Waals surface area contributed by atoms with Crippen LogP contribution in [0.3, 0.4) is 0 Å². The van der Waals surface area contributed by atoms with Crippen molar-refractivity contribution in [1.82, 2.24) is 10.2 Å². The lowest BCUT2D eigenvalue weighted by Gasteiger charge is -2.34. The van der Waals surface area contributed by atoms with Gasteiger partial charge >= 0.3 is 0 Å². The molecule has 0 bridgehead atoms. The minimum absolute atomic E-state index is 0.00496. The van der Waals surface area contributed by atoms with Crippen molar-refractivity contribution >= 4 is 39.1 Å². The lowest BCUT2D eigenvalue weighted by molar-refractivity contribution is -0.140. The SMILES string of the molecule is CCCCNC(=O)[C@H](Cc1ccccc1)N(Cc1ccccc1F)C(=O)CN(c1ccc(Cl)cc1)S(=O)(=O)c1ccc(C)cc1. The molecule has 4 aromatic carbocycles. The number of anilines is 1. The van der Waals surface area contributed by atoms with Gasteiger partial charge in [0.2, 0.25) is 11.8 Å². The van der Waals surface area contributed by atoms with E-state index in [1.165, 1.54) is 47.4 Å². The van der Waals surface area contributed by atoms with E-state index in [0.29, 0.717) is 11.6 Å². The molecular formula is C35H37ClFN3O4S. The molecule has 0 aromatic heterocycles. The Hall–Kier alpha value is -4.21. The summed E-state index contributed by atoms with van der Waals surface area (Å²) in [4.78, 5) is 29.4. The highest BCUT2D eigenvalue weighted by Gasteiger charge is 2.35. The molecule has 10 heteroatoms. The van der Waals surface area contributed by atoms with Gasteiger partial charge in [-0.1, -0.05) is 91.2 Å². The molecule has 0 aliphatic carbocycles. The third kappa shape index (κ3) is 8.93. The average Bonchev–Trinajstić information content (AvgIpc) is 3.03. The number of sulfonamides is 1. The predicted octanol–water partition coefficient (Wildman–Crippen LogP) is 6.54. The second-order valence-corrected chi connectivity index (χ2v) is 13.1. The van der Waals surface area contributed by atoms with Crippen molar-refractivity contribution in [3.63, 3.8) is 0 Å². The molecule has 4 aromatic rings. The van der Waals surface area contributed by atoms with Crippen LogP contribution in [0.2, 0.25) is 5.02 Å². The Kier molecular flexibility index (Phi) is 11.7. The van der Waals surface area contributed by atoms with Crippen LogP contribution >= 0.6 is 11.6 Å². The minimum Gasteiger partial charge on any atom is -0.354 e. The Morgan fingerprint density at radius 1 is 0.889 bits per heavy atom. The number of aryl methyl sites for hydroxylation is 1. The van der Waals surface area contributed by atoms with Crippen molar-refractivity contribution in [2.45, 2.75) is 50.6 Å². The summed E-state index contributed by atoms with van der Waals surface area (Å²) in [5.74, 6) is -1.62. The average molecular weight is 650 g/mol. The van der Waals surface area contributed by atoms with E-state index in [-0.39, 0.29) is 29.1 Å². The molecule has 0 heterocycles. The van der Waals surface area contributed by atoms with Crippen LogP contribution in [0.25, 0.3) is 0 Å². The summed E-state index contributed by atoms with van der Waals surface area (Å²) in [6.45, 7) is 3.36. The molecule has 45 heavy (non-hydrogen) atoms. The minimum atomic E-state index is -4.25. The van der Waals surface area contributed by atoms with Crippen LogP contribution < -0.4 is 9.62 Å². The number of unbranched alkanes of at least 4 members (excludes halogenated alkanes) is 1. The highest BCUT2D eigenvalue weighted by Crippen LogP contribution is 2.27. The Morgan fingerprint density at radius 2 is 1.53 bits per heavy atom. The van der Waals surface area contributed by atoms with Gasteiger partial charge < -0.3 is 10.2 Å². The molecule has 0 fully saturated rings. The molecule has 0 saturated carbocycles. The molecule has 0 radical (unpaired) electrons. The van der Waals surface area contributed by atoms with E-state index in [1.54, 1.807) is 30.3 Å². The molecule has 2 amide bonds. The first-order chi connectivity index (χ1) is 21.6. The topological polar surface area (TPSA) is 86.8 Å². The summed E-state index contributed by atoms with van der Waals surface area (Å²) in [7, 11) is -4.25. The van der Waals surface area contributed by atoms with E-state index in [0.717, 1.165) is 28.3 Å². The Balaban J connectivity index is 1.79. The van der Waals surface area contributed by atoms with Gasteiger partial charge in [0.05, 0.1) is 10.6 Å². The maximum Gasteiger partial charge on any atom is 0.264 e. The molecular weight excluding hydrogens is 613 g/mol. The van der Waals surface area contributed by atoms with Gasteiger partial charge in [-0.15, -0.1) is 0 Å². The Morgan fingerprint density at radius 3 is 2.18 bits per heavy atom. The van der Waals surface area contributed by atoms with E-state index in [2.05, 4.69) is 5.32 Å². The number of amides is 2. The molecule has 1 N–H and O–H groups in total. The number of hydrogen-bond donors (Lipinski definition) is 1. The van der Waals surface area contributed by atoms with Crippen LogP contribution in [-0.2, 0) is 32.6 Å². The van der Waals surface area contributed by atoms with Crippen LogP contribution in [0.1, 0.15) is 36.5 Å². The fourth-order valence-electron chi connectivity index (χ4n) is 4.84. The Bertz CT molecular complexity index is 1680. The summed E-state index contributed by atoms with van der Waals surface area (Å²) in [5.41, 5.74) is 2.08. The molecule has 7 nitrogen and oxygen atoms in total.